The van der Waals surface area contributed by atoms with Crippen LogP contribution in [-0.2, 0) is 11.2 Å². The van der Waals surface area contributed by atoms with Gasteiger partial charge in [0.15, 0.2) is 0 Å². The maximum Gasteiger partial charge on any atom is 0.341 e. The van der Waals surface area contributed by atoms with Gasteiger partial charge in [0.05, 0.1) is 12.2 Å². The van der Waals surface area contributed by atoms with Gasteiger partial charge in [-0.05, 0) is 25.0 Å². The third-order valence-corrected chi connectivity index (χ3v) is 2.25. The quantitative estimate of drug-likeness (QED) is 0.789. The van der Waals surface area contributed by atoms with Gasteiger partial charge in [-0.2, -0.15) is 5.26 Å². The summed E-state index contributed by atoms with van der Waals surface area (Å²) in [6, 6.07) is 5.03. The number of rotatable bonds is 3. The second-order valence-corrected chi connectivity index (χ2v) is 3.18. The number of aryl methyl sites for hydroxylation is 1. The number of benzene rings is 1. The number of nitrogens with zero attached hydrogens (tertiary/aromatic N) is 1. The van der Waals surface area contributed by atoms with Gasteiger partial charge >= 0.3 is 5.97 Å². The van der Waals surface area contributed by atoms with Crippen molar-refractivity contribution < 1.29 is 14.6 Å². The molecule has 1 rings (SSSR count). The van der Waals surface area contributed by atoms with Gasteiger partial charge in [0.2, 0.25) is 0 Å². The molecule has 84 valence electrons. The largest absolute Gasteiger partial charge is 0.506 e. The van der Waals surface area contributed by atoms with E-state index in [4.69, 9.17) is 10.00 Å². The number of nitriles is 1. The number of phenols is 1. The Morgan fingerprint density at radius 2 is 2.19 bits per heavy atom. The Kier molecular flexibility index (Phi) is 3.90. The van der Waals surface area contributed by atoms with Crippen LogP contribution in [0.15, 0.2) is 12.1 Å². The zero-order valence-corrected chi connectivity index (χ0v) is 9.28. The average molecular weight is 219 g/mol. The molecule has 4 nitrogen and oxygen atoms in total. The second-order valence-electron chi connectivity index (χ2n) is 3.18. The average Bonchev–Trinajstić information content (AvgIpc) is 2.28. The molecule has 1 aromatic carbocycles. The lowest BCUT2D eigenvalue weighted by Gasteiger charge is -2.08. The first-order valence-electron chi connectivity index (χ1n) is 5.07. The van der Waals surface area contributed by atoms with Crippen molar-refractivity contribution in [2.45, 2.75) is 20.3 Å². The lowest BCUT2D eigenvalue weighted by molar-refractivity contribution is 0.0523. The summed E-state index contributed by atoms with van der Waals surface area (Å²) in [6.07, 6.45) is 0.625. The van der Waals surface area contributed by atoms with Gasteiger partial charge in [0.25, 0.3) is 0 Å². The summed E-state index contributed by atoms with van der Waals surface area (Å²) in [5, 5.41) is 18.7. The minimum Gasteiger partial charge on any atom is -0.506 e. The topological polar surface area (TPSA) is 70.3 Å². The van der Waals surface area contributed by atoms with Gasteiger partial charge < -0.3 is 9.84 Å². The van der Waals surface area contributed by atoms with E-state index in [0.29, 0.717) is 12.0 Å². The molecule has 0 bridgehead atoms. The molecule has 1 aromatic rings. The maximum absolute atomic E-state index is 11.4. The Labute approximate surface area is 94.1 Å². The highest BCUT2D eigenvalue weighted by Crippen LogP contribution is 2.26. The predicted octanol–water partition coefficient (Wildman–Crippen LogP) is 2.00. The van der Waals surface area contributed by atoms with Crippen LogP contribution in [-0.4, -0.2) is 17.7 Å². The van der Waals surface area contributed by atoms with E-state index >= 15 is 0 Å². The van der Waals surface area contributed by atoms with Crippen molar-refractivity contribution in [1.29, 1.82) is 5.26 Å². The first-order valence-corrected chi connectivity index (χ1v) is 5.07. The van der Waals surface area contributed by atoms with E-state index < -0.39 is 5.97 Å². The van der Waals surface area contributed by atoms with E-state index in [1.54, 1.807) is 13.0 Å². The summed E-state index contributed by atoms with van der Waals surface area (Å²) in [7, 11) is 0. The van der Waals surface area contributed by atoms with Crippen LogP contribution in [0.1, 0.15) is 35.3 Å². The number of hydrogen-bond acceptors (Lipinski definition) is 4. The lowest BCUT2D eigenvalue weighted by atomic mass is 10.0. The number of esters is 1. The molecule has 0 saturated carbocycles. The zero-order valence-electron chi connectivity index (χ0n) is 9.28. The van der Waals surface area contributed by atoms with Gasteiger partial charge in [-0.1, -0.05) is 13.0 Å². The lowest BCUT2D eigenvalue weighted by Crippen LogP contribution is -2.06. The Morgan fingerprint density at radius 3 is 2.69 bits per heavy atom. The first-order chi connectivity index (χ1) is 7.65. The smallest absolute Gasteiger partial charge is 0.341 e. The van der Waals surface area contributed by atoms with Crippen LogP contribution >= 0.6 is 0 Å². The number of aromatic hydroxyl groups is 1. The van der Waals surface area contributed by atoms with Crippen LogP contribution < -0.4 is 0 Å². The number of carbonyl (C=O) groups excluding carboxylic acids is 1. The minimum atomic E-state index is -0.612. The number of phenolic OH excluding ortho intramolecular Hbond substituents is 1. The summed E-state index contributed by atoms with van der Waals surface area (Å²) in [5.74, 6) is -0.903. The van der Waals surface area contributed by atoms with E-state index in [0.717, 1.165) is 0 Å². The summed E-state index contributed by atoms with van der Waals surface area (Å²) in [4.78, 5) is 11.4. The SMILES string of the molecule is CCOC(=O)c1ccc(CC)c(C#N)c1O. The summed E-state index contributed by atoms with van der Waals surface area (Å²) >= 11 is 0. The highest BCUT2D eigenvalue weighted by atomic mass is 16.5. The van der Waals surface area contributed by atoms with Crippen molar-refractivity contribution >= 4 is 5.97 Å². The van der Waals surface area contributed by atoms with Gasteiger partial charge in [0, 0.05) is 0 Å². The minimum absolute atomic E-state index is 0.0376. The van der Waals surface area contributed by atoms with Crippen LogP contribution in [0.3, 0.4) is 0 Å². The molecular formula is C12H13NO3. The second kappa shape index (κ2) is 5.17. The molecule has 16 heavy (non-hydrogen) atoms. The fourth-order valence-corrected chi connectivity index (χ4v) is 1.43. The fraction of sp³-hybridized carbons (Fsp3) is 0.333. The highest BCUT2D eigenvalue weighted by Gasteiger charge is 2.17. The first kappa shape index (κ1) is 12.1. The van der Waals surface area contributed by atoms with Crippen molar-refractivity contribution in [2.24, 2.45) is 0 Å². The molecule has 0 heterocycles. The van der Waals surface area contributed by atoms with Crippen molar-refractivity contribution in [3.05, 3.63) is 28.8 Å². The molecular weight excluding hydrogens is 206 g/mol. The zero-order chi connectivity index (χ0) is 12.1. The summed E-state index contributed by atoms with van der Waals surface area (Å²) in [6.45, 7) is 3.79. The van der Waals surface area contributed by atoms with Crippen LogP contribution in [0, 0.1) is 11.3 Å². The molecule has 4 heteroatoms. The number of carbonyl (C=O) groups is 1. The number of ether oxygens (including phenoxy) is 1. The Morgan fingerprint density at radius 1 is 1.50 bits per heavy atom. The predicted molar refractivity (Wildman–Crippen MR) is 58.2 cm³/mol. The van der Waals surface area contributed by atoms with Crippen LogP contribution in [0.4, 0.5) is 0 Å². The Hall–Kier alpha value is -2.02. The molecule has 0 aromatic heterocycles. The number of hydrogen-bond donors (Lipinski definition) is 1. The third-order valence-electron chi connectivity index (χ3n) is 2.25. The molecule has 1 N–H and O–H groups in total. The third kappa shape index (κ3) is 2.14. The maximum atomic E-state index is 11.4. The standard InChI is InChI=1S/C12H13NO3/c1-3-8-5-6-9(12(15)16-4-2)11(14)10(8)7-13/h5-6,14H,3-4H2,1-2H3. The molecule has 0 saturated heterocycles. The van der Waals surface area contributed by atoms with Gasteiger partial charge in [-0.3, -0.25) is 0 Å². The molecule has 0 radical (unpaired) electrons. The van der Waals surface area contributed by atoms with E-state index in [1.807, 2.05) is 13.0 Å². The van der Waals surface area contributed by atoms with Crippen molar-refractivity contribution in [3.8, 4) is 11.8 Å². The summed E-state index contributed by atoms with van der Waals surface area (Å²) < 4.78 is 4.77. The van der Waals surface area contributed by atoms with Crippen LogP contribution in [0.5, 0.6) is 5.75 Å². The monoisotopic (exact) mass is 219 g/mol. The van der Waals surface area contributed by atoms with E-state index in [-0.39, 0.29) is 23.5 Å². The Balaban J connectivity index is 3.25. The highest BCUT2D eigenvalue weighted by molar-refractivity contribution is 5.93. The van der Waals surface area contributed by atoms with Crippen LogP contribution in [0.25, 0.3) is 0 Å². The molecule has 0 fully saturated rings. The van der Waals surface area contributed by atoms with Crippen molar-refractivity contribution in [2.75, 3.05) is 6.61 Å². The molecule has 0 atom stereocenters. The van der Waals surface area contributed by atoms with E-state index in [1.165, 1.54) is 6.07 Å². The molecule has 0 spiro atoms. The van der Waals surface area contributed by atoms with Crippen molar-refractivity contribution in [3.63, 3.8) is 0 Å². The summed E-state index contributed by atoms with van der Waals surface area (Å²) in [5.41, 5.74) is 0.900. The fourth-order valence-electron chi connectivity index (χ4n) is 1.43. The normalized spacial score (nSPS) is 9.56. The van der Waals surface area contributed by atoms with Gasteiger partial charge in [0.1, 0.15) is 17.4 Å². The van der Waals surface area contributed by atoms with Crippen molar-refractivity contribution in [1.82, 2.24) is 0 Å². The van der Waals surface area contributed by atoms with E-state index in [9.17, 15) is 9.90 Å². The molecule has 0 aliphatic heterocycles. The molecule has 0 unspecified atom stereocenters. The van der Waals surface area contributed by atoms with E-state index in [2.05, 4.69) is 0 Å². The molecule has 0 aliphatic rings. The van der Waals surface area contributed by atoms with Crippen LogP contribution in [0.2, 0.25) is 0 Å². The Bertz CT molecular complexity index is 446. The van der Waals surface area contributed by atoms with Gasteiger partial charge in [-0.25, -0.2) is 4.79 Å². The molecule has 0 aliphatic carbocycles. The van der Waals surface area contributed by atoms with Gasteiger partial charge in [-0.15, -0.1) is 0 Å². The molecule has 0 amide bonds.